The van der Waals surface area contributed by atoms with Crippen LogP contribution in [0.2, 0.25) is 0 Å². The minimum atomic E-state index is -0.195. The monoisotopic (exact) mass is 410 g/mol. The molecule has 0 radical (unpaired) electrons. The molecule has 1 aromatic heterocycles. The van der Waals surface area contributed by atoms with Gasteiger partial charge in [0.15, 0.2) is 0 Å². The zero-order valence-electron chi connectivity index (χ0n) is 17.1. The first-order valence-electron chi connectivity index (χ1n) is 10.1. The van der Waals surface area contributed by atoms with Crippen LogP contribution in [0, 0.1) is 6.92 Å². The van der Waals surface area contributed by atoms with E-state index in [4.69, 9.17) is 0 Å². The second-order valence-corrected chi connectivity index (χ2v) is 7.19. The number of anilines is 1. The topological polar surface area (TPSA) is 84.0 Å². The summed E-state index contributed by atoms with van der Waals surface area (Å²) in [6.45, 7) is 2.09. The number of aryl methyl sites for hydroxylation is 1. The molecular weight excluding hydrogens is 388 g/mol. The number of fused-ring (bicyclic) bond motifs is 1. The molecule has 0 saturated heterocycles. The third-order valence-corrected chi connectivity index (χ3v) is 4.87. The lowest BCUT2D eigenvalue weighted by molar-refractivity contribution is -0.116. The molecule has 0 unspecified atom stereocenters. The van der Waals surface area contributed by atoms with Crippen LogP contribution in [0.3, 0.4) is 0 Å². The van der Waals surface area contributed by atoms with Gasteiger partial charge in [-0.15, -0.1) is 0 Å². The van der Waals surface area contributed by atoms with Gasteiger partial charge >= 0.3 is 0 Å². The Labute approximate surface area is 180 Å². The molecule has 0 spiro atoms. The maximum Gasteiger partial charge on any atom is 0.251 e. The first-order chi connectivity index (χ1) is 15.1. The Hall–Kier alpha value is -4.06. The molecule has 6 heteroatoms. The van der Waals surface area contributed by atoms with Crippen LogP contribution in [0.15, 0.2) is 79.0 Å². The van der Waals surface area contributed by atoms with Crippen LogP contribution in [0.25, 0.3) is 22.0 Å². The molecule has 4 aromatic rings. The molecule has 0 fully saturated rings. The lowest BCUT2D eigenvalue weighted by Crippen LogP contribution is -2.27. The lowest BCUT2D eigenvalue weighted by Gasteiger charge is -2.09. The maximum atomic E-state index is 12.4. The number of nitrogens with one attached hydrogen (secondary N) is 2. The summed E-state index contributed by atoms with van der Waals surface area (Å²) in [6.07, 6.45) is 1.89. The van der Waals surface area contributed by atoms with Gasteiger partial charge in [-0.25, -0.2) is 9.97 Å². The molecular formula is C25H22N4O2. The fourth-order valence-electron chi connectivity index (χ4n) is 3.32. The van der Waals surface area contributed by atoms with Crippen molar-refractivity contribution in [2.24, 2.45) is 0 Å². The molecule has 2 amide bonds. The van der Waals surface area contributed by atoms with Crippen LogP contribution in [-0.4, -0.2) is 28.3 Å². The van der Waals surface area contributed by atoms with Crippen LogP contribution in [-0.2, 0) is 4.79 Å². The van der Waals surface area contributed by atoms with Crippen molar-refractivity contribution in [3.8, 4) is 11.3 Å². The number of aromatic nitrogens is 2. The van der Waals surface area contributed by atoms with Gasteiger partial charge < -0.3 is 10.6 Å². The van der Waals surface area contributed by atoms with Gasteiger partial charge in [0.1, 0.15) is 5.82 Å². The van der Waals surface area contributed by atoms with Crippen molar-refractivity contribution in [2.45, 2.75) is 13.3 Å². The molecule has 0 aliphatic carbocycles. The van der Waals surface area contributed by atoms with Gasteiger partial charge in [-0.1, -0.05) is 42.5 Å². The van der Waals surface area contributed by atoms with Crippen molar-refractivity contribution >= 4 is 28.3 Å². The van der Waals surface area contributed by atoms with E-state index in [0.29, 0.717) is 17.1 Å². The van der Waals surface area contributed by atoms with Gasteiger partial charge in [-0.3, -0.25) is 9.59 Å². The molecule has 2 N–H and O–H groups in total. The standard InChI is InChI=1S/C25H22N4O2/c1-17-26-13-11-23(28-17)20-7-4-8-22(16-20)29-24(30)12-14-27-25(31)21-10-9-18-5-2-3-6-19(18)15-21/h2-11,13,15-16H,12,14H2,1H3,(H,27,31)(H,29,30). The van der Waals surface area contributed by atoms with Crippen molar-refractivity contribution < 1.29 is 9.59 Å². The van der Waals surface area contributed by atoms with Crippen molar-refractivity contribution in [3.63, 3.8) is 0 Å². The van der Waals surface area contributed by atoms with E-state index < -0.39 is 0 Å². The third kappa shape index (κ3) is 5.11. The molecule has 6 nitrogen and oxygen atoms in total. The second-order valence-electron chi connectivity index (χ2n) is 7.19. The van der Waals surface area contributed by atoms with Gasteiger partial charge in [-0.2, -0.15) is 0 Å². The zero-order valence-corrected chi connectivity index (χ0v) is 17.1. The Morgan fingerprint density at radius 3 is 2.58 bits per heavy atom. The Morgan fingerprint density at radius 2 is 1.74 bits per heavy atom. The summed E-state index contributed by atoms with van der Waals surface area (Å²) in [5.41, 5.74) is 2.95. The number of carbonyl (C=O) groups excluding carboxylic acids is 2. The maximum absolute atomic E-state index is 12.4. The molecule has 0 aliphatic heterocycles. The summed E-state index contributed by atoms with van der Waals surface area (Å²) in [5.74, 6) is 0.323. The number of nitrogens with zero attached hydrogens (tertiary/aromatic N) is 2. The fourth-order valence-corrected chi connectivity index (χ4v) is 3.32. The summed E-state index contributed by atoms with van der Waals surface area (Å²) in [4.78, 5) is 33.2. The largest absolute Gasteiger partial charge is 0.352 e. The molecule has 3 aromatic carbocycles. The highest BCUT2D eigenvalue weighted by atomic mass is 16.2. The van der Waals surface area contributed by atoms with Gasteiger partial charge in [-0.05, 0) is 48.0 Å². The van der Waals surface area contributed by atoms with E-state index in [9.17, 15) is 9.59 Å². The SMILES string of the molecule is Cc1nccc(-c2cccc(NC(=O)CCNC(=O)c3ccc4ccccc4c3)c2)n1. The predicted octanol–water partition coefficient (Wildman–Crippen LogP) is 4.36. The number of carbonyl (C=O) groups is 2. The Bertz CT molecular complexity index is 1250. The highest BCUT2D eigenvalue weighted by Crippen LogP contribution is 2.21. The van der Waals surface area contributed by atoms with Crippen LogP contribution in [0.1, 0.15) is 22.6 Å². The molecule has 0 bridgehead atoms. The predicted molar refractivity (Wildman–Crippen MR) is 122 cm³/mol. The summed E-state index contributed by atoms with van der Waals surface area (Å²) in [5, 5.41) is 7.77. The van der Waals surface area contributed by atoms with Crippen molar-refractivity contribution in [1.29, 1.82) is 0 Å². The van der Waals surface area contributed by atoms with Gasteiger partial charge in [0.05, 0.1) is 5.69 Å². The molecule has 0 saturated carbocycles. The number of benzene rings is 3. The Kier molecular flexibility index (Phi) is 5.98. The quantitative estimate of drug-likeness (QED) is 0.495. The first-order valence-corrected chi connectivity index (χ1v) is 10.1. The molecule has 154 valence electrons. The molecule has 31 heavy (non-hydrogen) atoms. The number of hydrogen-bond acceptors (Lipinski definition) is 4. The normalized spacial score (nSPS) is 10.6. The van der Waals surface area contributed by atoms with Crippen LogP contribution in [0.5, 0.6) is 0 Å². The highest BCUT2D eigenvalue weighted by molar-refractivity contribution is 5.99. The third-order valence-electron chi connectivity index (χ3n) is 4.87. The molecule has 1 heterocycles. The van der Waals surface area contributed by atoms with Crippen LogP contribution in [0.4, 0.5) is 5.69 Å². The number of rotatable bonds is 6. The lowest BCUT2D eigenvalue weighted by atomic mass is 10.1. The molecule has 0 atom stereocenters. The van der Waals surface area contributed by atoms with Gasteiger partial charge in [0.25, 0.3) is 5.91 Å². The first kappa shape index (κ1) is 20.2. The van der Waals surface area contributed by atoms with E-state index in [1.807, 2.05) is 73.7 Å². The van der Waals surface area contributed by atoms with Gasteiger partial charge in [0.2, 0.25) is 5.91 Å². The minimum Gasteiger partial charge on any atom is -0.352 e. The highest BCUT2D eigenvalue weighted by Gasteiger charge is 2.09. The van der Waals surface area contributed by atoms with E-state index in [1.54, 1.807) is 12.3 Å². The van der Waals surface area contributed by atoms with E-state index in [0.717, 1.165) is 22.0 Å². The summed E-state index contributed by atoms with van der Waals surface area (Å²) in [6, 6.07) is 22.8. The summed E-state index contributed by atoms with van der Waals surface area (Å²) >= 11 is 0. The van der Waals surface area contributed by atoms with E-state index in [-0.39, 0.29) is 24.8 Å². The van der Waals surface area contributed by atoms with E-state index >= 15 is 0 Å². The smallest absolute Gasteiger partial charge is 0.251 e. The molecule has 4 rings (SSSR count). The second kappa shape index (κ2) is 9.17. The van der Waals surface area contributed by atoms with Gasteiger partial charge in [0, 0.05) is 36.0 Å². The van der Waals surface area contributed by atoms with Crippen molar-refractivity contribution in [2.75, 3.05) is 11.9 Å². The molecule has 0 aliphatic rings. The van der Waals surface area contributed by atoms with Crippen molar-refractivity contribution in [1.82, 2.24) is 15.3 Å². The average Bonchev–Trinajstić information content (AvgIpc) is 2.79. The van der Waals surface area contributed by atoms with Crippen molar-refractivity contribution in [3.05, 3.63) is 90.4 Å². The number of hydrogen-bond donors (Lipinski definition) is 2. The Morgan fingerprint density at radius 1 is 0.903 bits per heavy atom. The number of amides is 2. The minimum absolute atomic E-state index is 0.171. The Balaban J connectivity index is 1.32. The van der Waals surface area contributed by atoms with Crippen LogP contribution >= 0.6 is 0 Å². The van der Waals surface area contributed by atoms with E-state index in [1.165, 1.54) is 0 Å². The summed E-state index contributed by atoms with van der Waals surface area (Å²) < 4.78 is 0. The summed E-state index contributed by atoms with van der Waals surface area (Å²) in [7, 11) is 0. The van der Waals surface area contributed by atoms with Crippen LogP contribution < -0.4 is 10.6 Å². The zero-order chi connectivity index (χ0) is 21.6. The van der Waals surface area contributed by atoms with E-state index in [2.05, 4.69) is 20.6 Å². The fraction of sp³-hybridized carbons (Fsp3) is 0.120. The average molecular weight is 410 g/mol.